The minimum Gasteiger partial charge on any atom is -0.494 e. The van der Waals surface area contributed by atoms with E-state index in [1.807, 2.05) is 0 Å². The summed E-state index contributed by atoms with van der Waals surface area (Å²) in [6, 6.07) is 9.63. The van der Waals surface area contributed by atoms with Crippen molar-refractivity contribution in [3.63, 3.8) is 0 Å². The van der Waals surface area contributed by atoms with E-state index in [9.17, 15) is 9.18 Å². The predicted molar refractivity (Wildman–Crippen MR) is 80.9 cm³/mol. The van der Waals surface area contributed by atoms with Gasteiger partial charge in [-0.3, -0.25) is 0 Å². The Kier molecular flexibility index (Phi) is 5.09. The third kappa shape index (κ3) is 3.68. The number of methoxy groups -OCH3 is 1. The molecule has 0 saturated carbocycles. The molecule has 6 heteroatoms. The first kappa shape index (κ1) is 15.7. The summed E-state index contributed by atoms with van der Waals surface area (Å²) < 4.78 is 18.9. The molecule has 0 fully saturated rings. The summed E-state index contributed by atoms with van der Waals surface area (Å²) in [5.41, 5.74) is 0.527. The molecule has 0 unspecified atom stereocenters. The van der Waals surface area contributed by atoms with Gasteiger partial charge < -0.3 is 9.84 Å². The van der Waals surface area contributed by atoms with Crippen LogP contribution in [0, 0.1) is 5.82 Å². The van der Waals surface area contributed by atoms with Gasteiger partial charge in [-0.15, -0.1) is 11.8 Å². The fourth-order valence-corrected chi connectivity index (χ4v) is 2.85. The van der Waals surface area contributed by atoms with Crippen molar-refractivity contribution in [2.45, 2.75) is 10.6 Å². The number of benzene rings is 2. The highest BCUT2D eigenvalue weighted by Gasteiger charge is 2.12. The minimum absolute atomic E-state index is 0.0350. The monoisotopic (exact) mass is 326 g/mol. The normalized spacial score (nSPS) is 10.4. The van der Waals surface area contributed by atoms with Crippen LogP contribution < -0.4 is 4.74 Å². The van der Waals surface area contributed by atoms with Gasteiger partial charge in [-0.1, -0.05) is 23.7 Å². The average molecular weight is 327 g/mol. The van der Waals surface area contributed by atoms with Gasteiger partial charge in [0.2, 0.25) is 0 Å². The number of ether oxygens (including phenoxy) is 1. The van der Waals surface area contributed by atoms with Crippen LogP contribution >= 0.6 is 23.4 Å². The van der Waals surface area contributed by atoms with Crippen molar-refractivity contribution in [3.8, 4) is 5.75 Å². The lowest BCUT2D eigenvalue weighted by Crippen LogP contribution is -1.97. The molecule has 0 radical (unpaired) electrons. The van der Waals surface area contributed by atoms with Crippen molar-refractivity contribution in [1.29, 1.82) is 0 Å². The molecule has 0 atom stereocenters. The molecular weight excluding hydrogens is 315 g/mol. The SMILES string of the molecule is COc1cccc(CSc2ccc(Cl)c(C(=O)O)c2)c1F. The molecule has 110 valence electrons. The number of carboxylic acids is 1. The highest BCUT2D eigenvalue weighted by molar-refractivity contribution is 7.98. The molecule has 2 rings (SSSR count). The Morgan fingerprint density at radius 2 is 2.14 bits per heavy atom. The fraction of sp³-hybridized carbons (Fsp3) is 0.133. The summed E-state index contributed by atoms with van der Waals surface area (Å²) in [5, 5.41) is 9.20. The first-order valence-electron chi connectivity index (χ1n) is 6.00. The molecule has 0 aromatic heterocycles. The zero-order chi connectivity index (χ0) is 15.4. The van der Waals surface area contributed by atoms with Crippen molar-refractivity contribution < 1.29 is 19.0 Å². The topological polar surface area (TPSA) is 46.5 Å². The van der Waals surface area contributed by atoms with E-state index in [0.29, 0.717) is 16.2 Å². The zero-order valence-electron chi connectivity index (χ0n) is 11.1. The average Bonchev–Trinajstić information content (AvgIpc) is 2.47. The Morgan fingerprint density at radius 3 is 2.81 bits per heavy atom. The quantitative estimate of drug-likeness (QED) is 0.823. The van der Waals surface area contributed by atoms with Gasteiger partial charge in [-0.25, -0.2) is 9.18 Å². The number of hydrogen-bond donors (Lipinski definition) is 1. The summed E-state index contributed by atoms with van der Waals surface area (Å²) in [7, 11) is 1.41. The molecule has 0 amide bonds. The van der Waals surface area contributed by atoms with Gasteiger partial charge >= 0.3 is 5.97 Å². The molecular formula is C15H12ClFO3S. The van der Waals surface area contributed by atoms with E-state index < -0.39 is 11.8 Å². The van der Waals surface area contributed by atoms with Crippen molar-refractivity contribution in [3.05, 3.63) is 58.4 Å². The van der Waals surface area contributed by atoms with Crippen LogP contribution in [-0.2, 0) is 5.75 Å². The first-order chi connectivity index (χ1) is 10.0. The maximum absolute atomic E-state index is 14.0. The van der Waals surface area contributed by atoms with Crippen molar-refractivity contribution in [2.75, 3.05) is 7.11 Å². The zero-order valence-corrected chi connectivity index (χ0v) is 12.7. The molecule has 0 bridgehead atoms. The molecule has 0 saturated heterocycles. The lowest BCUT2D eigenvalue weighted by molar-refractivity contribution is 0.0697. The van der Waals surface area contributed by atoms with E-state index in [0.717, 1.165) is 0 Å². The van der Waals surface area contributed by atoms with Gasteiger partial charge in [-0.2, -0.15) is 0 Å². The predicted octanol–water partition coefficient (Wildman–Crippen LogP) is 4.48. The van der Waals surface area contributed by atoms with Crippen LogP contribution in [0.15, 0.2) is 41.3 Å². The fourth-order valence-electron chi connectivity index (χ4n) is 1.74. The van der Waals surface area contributed by atoms with Gasteiger partial charge in [0.15, 0.2) is 11.6 Å². The van der Waals surface area contributed by atoms with Crippen molar-refractivity contribution in [2.24, 2.45) is 0 Å². The maximum Gasteiger partial charge on any atom is 0.337 e. The van der Waals surface area contributed by atoms with Crippen LogP contribution in [0.1, 0.15) is 15.9 Å². The Labute approximate surface area is 130 Å². The standard InChI is InChI=1S/C15H12ClFO3S/c1-20-13-4-2-3-9(14(13)17)8-21-10-5-6-12(16)11(7-10)15(18)19/h2-7H,8H2,1H3,(H,18,19). The largest absolute Gasteiger partial charge is 0.494 e. The Balaban J connectivity index is 2.17. The van der Waals surface area contributed by atoms with Crippen LogP contribution in [0.3, 0.4) is 0 Å². The number of thioether (sulfide) groups is 1. The van der Waals surface area contributed by atoms with E-state index in [4.69, 9.17) is 21.4 Å². The molecule has 1 N–H and O–H groups in total. The summed E-state index contributed by atoms with van der Waals surface area (Å²) in [5.74, 6) is -0.936. The van der Waals surface area contributed by atoms with E-state index >= 15 is 0 Å². The number of halogens is 2. The highest BCUT2D eigenvalue weighted by atomic mass is 35.5. The molecule has 2 aromatic carbocycles. The van der Waals surface area contributed by atoms with Crippen LogP contribution in [0.5, 0.6) is 5.75 Å². The molecule has 3 nitrogen and oxygen atoms in total. The van der Waals surface area contributed by atoms with E-state index in [2.05, 4.69) is 0 Å². The summed E-state index contributed by atoms with van der Waals surface area (Å²) in [6.07, 6.45) is 0. The minimum atomic E-state index is -1.09. The maximum atomic E-state index is 14.0. The molecule has 0 aliphatic rings. The van der Waals surface area contributed by atoms with Crippen molar-refractivity contribution >= 4 is 29.3 Å². The second kappa shape index (κ2) is 6.83. The Morgan fingerprint density at radius 1 is 1.38 bits per heavy atom. The Bertz CT molecular complexity index is 676. The van der Waals surface area contributed by atoms with E-state index in [1.165, 1.54) is 31.0 Å². The number of hydrogen-bond acceptors (Lipinski definition) is 3. The van der Waals surface area contributed by atoms with E-state index in [1.54, 1.807) is 24.3 Å². The van der Waals surface area contributed by atoms with Gasteiger partial charge in [0.1, 0.15) is 0 Å². The third-order valence-corrected chi connectivity index (χ3v) is 4.20. The van der Waals surface area contributed by atoms with Crippen molar-refractivity contribution in [1.82, 2.24) is 0 Å². The van der Waals surface area contributed by atoms with Crippen LogP contribution in [0.2, 0.25) is 5.02 Å². The second-order valence-electron chi connectivity index (χ2n) is 4.17. The molecule has 0 aliphatic carbocycles. The van der Waals surface area contributed by atoms with Gasteiger partial charge in [0.25, 0.3) is 0 Å². The lowest BCUT2D eigenvalue weighted by Gasteiger charge is -2.08. The molecule has 0 spiro atoms. The van der Waals surface area contributed by atoms with Gasteiger partial charge in [0.05, 0.1) is 17.7 Å². The van der Waals surface area contributed by atoms with Crippen LogP contribution in [0.25, 0.3) is 0 Å². The molecule has 0 heterocycles. The molecule has 21 heavy (non-hydrogen) atoms. The number of carboxylic acid groups (broad SMARTS) is 1. The van der Waals surface area contributed by atoms with Crippen LogP contribution in [0.4, 0.5) is 4.39 Å². The van der Waals surface area contributed by atoms with Crippen LogP contribution in [-0.4, -0.2) is 18.2 Å². The summed E-state index contributed by atoms with van der Waals surface area (Å²) in [4.78, 5) is 11.7. The summed E-state index contributed by atoms with van der Waals surface area (Å²) >= 11 is 7.14. The molecule has 2 aromatic rings. The molecule has 0 aliphatic heterocycles. The number of carbonyl (C=O) groups is 1. The third-order valence-electron chi connectivity index (χ3n) is 2.83. The smallest absolute Gasteiger partial charge is 0.337 e. The highest BCUT2D eigenvalue weighted by Crippen LogP contribution is 2.29. The van der Waals surface area contributed by atoms with E-state index in [-0.39, 0.29) is 16.3 Å². The summed E-state index contributed by atoms with van der Waals surface area (Å²) in [6.45, 7) is 0. The number of rotatable bonds is 5. The lowest BCUT2D eigenvalue weighted by atomic mass is 10.2. The Hall–Kier alpha value is -1.72. The number of aromatic carboxylic acids is 1. The first-order valence-corrected chi connectivity index (χ1v) is 7.36. The van der Waals surface area contributed by atoms with Gasteiger partial charge in [0, 0.05) is 16.2 Å². The second-order valence-corrected chi connectivity index (χ2v) is 5.62. The van der Waals surface area contributed by atoms with Gasteiger partial charge in [-0.05, 0) is 24.3 Å².